The summed E-state index contributed by atoms with van der Waals surface area (Å²) >= 11 is 0. The Kier molecular flexibility index (Phi) is 6.28. The molecule has 182 valence electrons. The third-order valence-corrected chi connectivity index (χ3v) is 8.51. The SMILES string of the molecule is CC(=O)Oc1ccc2c(c1)CCC1C2[C@@H](c2ccc(OCCN=[N+]=[N-])cc2)C[C@]2(C)C(=O)CCC12. The van der Waals surface area contributed by atoms with E-state index in [-0.39, 0.29) is 17.3 Å². The number of hydrogen-bond donors (Lipinski definition) is 0. The van der Waals surface area contributed by atoms with Gasteiger partial charge >= 0.3 is 5.97 Å². The van der Waals surface area contributed by atoms with Crippen molar-refractivity contribution in [2.24, 2.45) is 22.4 Å². The molecule has 7 heteroatoms. The smallest absolute Gasteiger partial charge is 0.308 e. The van der Waals surface area contributed by atoms with E-state index in [1.807, 2.05) is 24.3 Å². The molecule has 0 amide bonds. The van der Waals surface area contributed by atoms with Crippen LogP contribution < -0.4 is 9.47 Å². The molecule has 2 aromatic carbocycles. The van der Waals surface area contributed by atoms with Gasteiger partial charge in [-0.25, -0.2) is 0 Å². The predicted molar refractivity (Wildman–Crippen MR) is 131 cm³/mol. The Bertz CT molecular complexity index is 1190. The zero-order chi connectivity index (χ0) is 24.6. The summed E-state index contributed by atoms with van der Waals surface area (Å²) in [5, 5.41) is 3.51. The molecule has 0 heterocycles. The van der Waals surface area contributed by atoms with Gasteiger partial charge in [0, 0.05) is 23.7 Å². The van der Waals surface area contributed by atoms with Gasteiger partial charge in [0.25, 0.3) is 0 Å². The molecule has 0 bridgehead atoms. The lowest BCUT2D eigenvalue weighted by atomic mass is 9.51. The van der Waals surface area contributed by atoms with E-state index in [2.05, 4.69) is 35.1 Å². The first-order valence-electron chi connectivity index (χ1n) is 12.5. The Morgan fingerprint density at radius 3 is 2.66 bits per heavy atom. The van der Waals surface area contributed by atoms with E-state index in [1.54, 1.807) is 0 Å². The first-order valence-corrected chi connectivity index (χ1v) is 12.5. The van der Waals surface area contributed by atoms with Gasteiger partial charge in [-0.2, -0.15) is 0 Å². The van der Waals surface area contributed by atoms with Crippen LogP contribution in [0.5, 0.6) is 11.5 Å². The second kappa shape index (κ2) is 9.38. The van der Waals surface area contributed by atoms with E-state index in [0.717, 1.165) is 31.4 Å². The van der Waals surface area contributed by atoms with Gasteiger partial charge in [0.1, 0.15) is 17.3 Å². The Hall–Kier alpha value is -3.31. The Labute approximate surface area is 205 Å². The largest absolute Gasteiger partial charge is 0.493 e. The van der Waals surface area contributed by atoms with Crippen molar-refractivity contribution in [1.29, 1.82) is 0 Å². The maximum Gasteiger partial charge on any atom is 0.308 e. The first-order chi connectivity index (χ1) is 16.9. The number of aryl methyl sites for hydroxylation is 1. The summed E-state index contributed by atoms with van der Waals surface area (Å²) in [4.78, 5) is 27.3. The van der Waals surface area contributed by atoms with Crippen molar-refractivity contribution >= 4 is 11.8 Å². The maximum atomic E-state index is 13.1. The molecule has 5 rings (SSSR count). The van der Waals surface area contributed by atoms with Crippen molar-refractivity contribution in [3.05, 3.63) is 69.6 Å². The van der Waals surface area contributed by atoms with Crippen molar-refractivity contribution < 1.29 is 19.1 Å². The average Bonchev–Trinajstić information content (AvgIpc) is 3.15. The molecule has 3 aliphatic carbocycles. The van der Waals surface area contributed by atoms with E-state index >= 15 is 0 Å². The number of rotatable bonds is 6. The minimum Gasteiger partial charge on any atom is -0.493 e. The molecule has 5 atom stereocenters. The Morgan fingerprint density at radius 1 is 1.14 bits per heavy atom. The highest BCUT2D eigenvalue weighted by molar-refractivity contribution is 5.87. The molecule has 2 saturated carbocycles. The molecule has 0 radical (unpaired) electrons. The van der Waals surface area contributed by atoms with Crippen LogP contribution in [0.3, 0.4) is 0 Å². The average molecular weight is 474 g/mol. The number of ether oxygens (including phenoxy) is 2. The fourth-order valence-corrected chi connectivity index (χ4v) is 7.07. The number of ketones is 1. The number of benzene rings is 2. The van der Waals surface area contributed by atoms with Crippen LogP contribution in [0.25, 0.3) is 10.4 Å². The van der Waals surface area contributed by atoms with Crippen molar-refractivity contribution in [3.63, 3.8) is 0 Å². The second-order valence-electron chi connectivity index (χ2n) is 10.4. The molecule has 2 aromatic rings. The number of carbonyl (C=O) groups is 2. The van der Waals surface area contributed by atoms with Crippen molar-refractivity contribution in [3.8, 4) is 11.5 Å². The van der Waals surface area contributed by atoms with Gasteiger partial charge in [0.15, 0.2) is 0 Å². The number of azide groups is 1. The molecular formula is C28H31N3O4. The lowest BCUT2D eigenvalue weighted by molar-refractivity contribution is -0.132. The zero-order valence-corrected chi connectivity index (χ0v) is 20.3. The molecule has 0 spiro atoms. The van der Waals surface area contributed by atoms with Crippen molar-refractivity contribution in [2.45, 2.75) is 57.8 Å². The monoisotopic (exact) mass is 473 g/mol. The second-order valence-corrected chi connectivity index (χ2v) is 10.4. The van der Waals surface area contributed by atoms with Gasteiger partial charge in [0.05, 0.1) is 13.2 Å². The Morgan fingerprint density at radius 2 is 1.91 bits per heavy atom. The summed E-state index contributed by atoms with van der Waals surface area (Å²) < 4.78 is 11.1. The molecule has 3 aliphatic rings. The van der Waals surface area contributed by atoms with Crippen LogP contribution in [0.1, 0.15) is 68.1 Å². The summed E-state index contributed by atoms with van der Waals surface area (Å²) in [5.41, 5.74) is 12.0. The van der Waals surface area contributed by atoms with Crippen LogP contribution in [0.2, 0.25) is 0 Å². The van der Waals surface area contributed by atoms with E-state index in [4.69, 9.17) is 15.0 Å². The summed E-state index contributed by atoms with van der Waals surface area (Å²) in [5.74, 6) is 2.87. The lowest BCUT2D eigenvalue weighted by Crippen LogP contribution is -2.46. The third kappa shape index (κ3) is 4.30. The van der Waals surface area contributed by atoms with E-state index < -0.39 is 0 Å². The summed E-state index contributed by atoms with van der Waals surface area (Å²) in [6.45, 7) is 4.25. The number of Topliss-reactive ketones (excluding diaryl/α,β-unsaturated/α-hetero) is 1. The summed E-state index contributed by atoms with van der Waals surface area (Å²) in [7, 11) is 0. The molecular weight excluding hydrogens is 442 g/mol. The van der Waals surface area contributed by atoms with Gasteiger partial charge in [0.2, 0.25) is 0 Å². The van der Waals surface area contributed by atoms with Crippen LogP contribution in [0.15, 0.2) is 47.6 Å². The Balaban J connectivity index is 1.49. The normalized spacial score (nSPS) is 28.8. The minimum atomic E-state index is -0.309. The lowest BCUT2D eigenvalue weighted by Gasteiger charge is -2.52. The highest BCUT2D eigenvalue weighted by atomic mass is 16.5. The van der Waals surface area contributed by atoms with Crippen molar-refractivity contribution in [1.82, 2.24) is 0 Å². The maximum absolute atomic E-state index is 13.1. The summed E-state index contributed by atoms with van der Waals surface area (Å²) in [6.07, 6.45) is 4.51. The van der Waals surface area contributed by atoms with Crippen LogP contribution >= 0.6 is 0 Å². The van der Waals surface area contributed by atoms with E-state index in [1.165, 1.54) is 23.6 Å². The number of hydrogen-bond acceptors (Lipinski definition) is 5. The topological polar surface area (TPSA) is 101 Å². The number of esters is 1. The number of nitrogens with zero attached hydrogens (tertiary/aromatic N) is 3. The van der Waals surface area contributed by atoms with Crippen LogP contribution in [0.4, 0.5) is 0 Å². The highest BCUT2D eigenvalue weighted by Gasteiger charge is 2.57. The standard InChI is InChI=1S/C28H31N3O4/c1-17(32)35-21-8-10-22-19(15-21)5-9-23-25-11-12-26(33)28(25,2)16-24(27(22)23)18-3-6-20(7-4-18)34-14-13-30-31-29/h3-4,6-8,10,15,23-25,27H,5,9,11-14,16H2,1-2H3/t23?,24-,25?,27?,28+/m1/s1. The fraction of sp³-hybridized carbons (Fsp3) is 0.500. The fourth-order valence-electron chi connectivity index (χ4n) is 7.07. The molecule has 3 unspecified atom stereocenters. The van der Waals surface area contributed by atoms with E-state index in [9.17, 15) is 9.59 Å². The van der Waals surface area contributed by atoms with Gasteiger partial charge in [-0.1, -0.05) is 30.2 Å². The summed E-state index contributed by atoms with van der Waals surface area (Å²) in [6, 6.07) is 14.3. The molecule has 0 saturated heterocycles. The highest BCUT2D eigenvalue weighted by Crippen LogP contribution is 2.64. The van der Waals surface area contributed by atoms with Gasteiger partial charge < -0.3 is 9.47 Å². The molecule has 0 N–H and O–H groups in total. The quantitative estimate of drug-likeness (QED) is 0.126. The number of fused-ring (bicyclic) bond motifs is 5. The molecule has 7 nitrogen and oxygen atoms in total. The molecule has 35 heavy (non-hydrogen) atoms. The van der Waals surface area contributed by atoms with Crippen LogP contribution in [-0.4, -0.2) is 24.9 Å². The molecule has 0 aliphatic heterocycles. The van der Waals surface area contributed by atoms with Gasteiger partial charge in [-0.05, 0) is 95.8 Å². The van der Waals surface area contributed by atoms with Crippen LogP contribution in [0, 0.1) is 17.3 Å². The van der Waals surface area contributed by atoms with Crippen LogP contribution in [-0.2, 0) is 16.0 Å². The predicted octanol–water partition coefficient (Wildman–Crippen LogP) is 6.12. The zero-order valence-electron chi connectivity index (χ0n) is 20.3. The molecule has 0 aromatic heterocycles. The van der Waals surface area contributed by atoms with Gasteiger partial charge in [-0.15, -0.1) is 0 Å². The third-order valence-electron chi connectivity index (χ3n) is 8.51. The molecule has 2 fully saturated rings. The number of carbonyl (C=O) groups excluding carboxylic acids is 2. The minimum absolute atomic E-state index is 0.221. The van der Waals surface area contributed by atoms with Crippen molar-refractivity contribution in [2.75, 3.05) is 13.2 Å². The van der Waals surface area contributed by atoms with Gasteiger partial charge in [-0.3, -0.25) is 9.59 Å². The first kappa shape index (κ1) is 23.4. The van der Waals surface area contributed by atoms with E-state index in [0.29, 0.717) is 48.9 Å².